The summed E-state index contributed by atoms with van der Waals surface area (Å²) in [5, 5.41) is 4.15. The first-order valence-electron chi connectivity index (χ1n) is 8.24. The van der Waals surface area contributed by atoms with Crippen LogP contribution in [0.3, 0.4) is 0 Å². The second kappa shape index (κ2) is 8.17. The minimum absolute atomic E-state index is 0.0402. The van der Waals surface area contributed by atoms with Gasteiger partial charge in [0.1, 0.15) is 5.82 Å². The molecular formula is C19H19Cl2FN2O. The molecule has 3 rings (SSSR count). The number of anilines is 1. The van der Waals surface area contributed by atoms with Gasteiger partial charge < -0.3 is 5.32 Å². The number of carbonyl (C=O) groups is 1. The van der Waals surface area contributed by atoms with Gasteiger partial charge in [0.15, 0.2) is 0 Å². The lowest BCUT2D eigenvalue weighted by molar-refractivity contribution is -0.121. The second-order valence-electron chi connectivity index (χ2n) is 6.27. The van der Waals surface area contributed by atoms with Gasteiger partial charge in [0, 0.05) is 34.4 Å². The van der Waals surface area contributed by atoms with Gasteiger partial charge in [0.05, 0.1) is 5.92 Å². The first-order chi connectivity index (χ1) is 12.0. The number of piperidine rings is 1. The molecular weight excluding hydrogens is 362 g/mol. The van der Waals surface area contributed by atoms with Crippen LogP contribution < -0.4 is 5.32 Å². The van der Waals surface area contributed by atoms with Crippen molar-refractivity contribution in [3.63, 3.8) is 0 Å². The van der Waals surface area contributed by atoms with Gasteiger partial charge >= 0.3 is 0 Å². The number of hydrogen-bond acceptors (Lipinski definition) is 2. The number of hydrogen-bond donors (Lipinski definition) is 1. The smallest absolute Gasteiger partial charge is 0.228 e. The van der Waals surface area contributed by atoms with E-state index in [9.17, 15) is 9.18 Å². The van der Waals surface area contributed by atoms with Crippen molar-refractivity contribution in [2.24, 2.45) is 5.92 Å². The van der Waals surface area contributed by atoms with Crippen molar-refractivity contribution >= 4 is 34.8 Å². The monoisotopic (exact) mass is 380 g/mol. The van der Waals surface area contributed by atoms with E-state index in [4.69, 9.17) is 23.2 Å². The van der Waals surface area contributed by atoms with Crippen molar-refractivity contribution in [1.82, 2.24) is 4.90 Å². The highest BCUT2D eigenvalue weighted by Gasteiger charge is 2.26. The van der Waals surface area contributed by atoms with E-state index in [1.54, 1.807) is 12.1 Å². The number of rotatable bonds is 4. The Morgan fingerprint density at radius 1 is 1.16 bits per heavy atom. The van der Waals surface area contributed by atoms with Crippen LogP contribution in [0.5, 0.6) is 0 Å². The van der Waals surface area contributed by atoms with E-state index < -0.39 is 0 Å². The highest BCUT2D eigenvalue weighted by molar-refractivity contribution is 6.35. The molecule has 132 valence electrons. The molecule has 0 spiro atoms. The fourth-order valence-electron chi connectivity index (χ4n) is 3.10. The number of nitrogens with zero attached hydrogens (tertiary/aromatic N) is 1. The standard InChI is InChI=1S/C19H19Cl2FN2O/c20-17-4-1-5-18(21)16(17)12-24-10-2-3-13(11-24)19(25)23-15-8-6-14(22)7-9-15/h1,4-9,13H,2-3,10-12H2,(H,23,25)/t13-/m1/s1. The van der Waals surface area contributed by atoms with E-state index in [1.807, 2.05) is 18.2 Å². The van der Waals surface area contributed by atoms with Crippen molar-refractivity contribution in [3.8, 4) is 0 Å². The van der Waals surface area contributed by atoms with E-state index in [2.05, 4.69) is 10.2 Å². The molecule has 0 aliphatic carbocycles. The average molecular weight is 381 g/mol. The summed E-state index contributed by atoms with van der Waals surface area (Å²) in [4.78, 5) is 14.7. The molecule has 0 bridgehead atoms. The van der Waals surface area contributed by atoms with Gasteiger partial charge in [-0.25, -0.2) is 4.39 Å². The Labute approximate surface area is 156 Å². The number of halogens is 3. The molecule has 1 aliphatic heterocycles. The Balaban J connectivity index is 1.62. The zero-order valence-electron chi connectivity index (χ0n) is 13.6. The topological polar surface area (TPSA) is 32.3 Å². The van der Waals surface area contributed by atoms with Crippen LogP contribution in [-0.2, 0) is 11.3 Å². The van der Waals surface area contributed by atoms with Gasteiger partial charge in [-0.3, -0.25) is 9.69 Å². The van der Waals surface area contributed by atoms with E-state index in [0.29, 0.717) is 28.8 Å². The highest BCUT2D eigenvalue weighted by atomic mass is 35.5. The normalized spacial score (nSPS) is 18.1. The van der Waals surface area contributed by atoms with Crippen LogP contribution in [0.15, 0.2) is 42.5 Å². The molecule has 1 N–H and O–H groups in total. The van der Waals surface area contributed by atoms with E-state index in [0.717, 1.165) is 24.9 Å². The zero-order valence-corrected chi connectivity index (χ0v) is 15.2. The zero-order chi connectivity index (χ0) is 17.8. The molecule has 2 aromatic carbocycles. The molecule has 1 saturated heterocycles. The molecule has 1 atom stereocenters. The molecule has 3 nitrogen and oxygen atoms in total. The third-order valence-electron chi connectivity index (χ3n) is 4.43. The number of carbonyl (C=O) groups excluding carboxylic acids is 1. The van der Waals surface area contributed by atoms with Crippen LogP contribution in [0.4, 0.5) is 10.1 Å². The van der Waals surface area contributed by atoms with Crippen molar-refractivity contribution in [1.29, 1.82) is 0 Å². The summed E-state index contributed by atoms with van der Waals surface area (Å²) >= 11 is 12.5. The van der Waals surface area contributed by atoms with E-state index in [1.165, 1.54) is 12.1 Å². The molecule has 0 saturated carbocycles. The van der Waals surface area contributed by atoms with Gasteiger partial charge in [-0.1, -0.05) is 29.3 Å². The van der Waals surface area contributed by atoms with Crippen LogP contribution in [0, 0.1) is 11.7 Å². The fraction of sp³-hybridized carbons (Fsp3) is 0.316. The maximum Gasteiger partial charge on any atom is 0.228 e. The molecule has 1 amide bonds. The molecule has 1 aliphatic rings. The number of amides is 1. The Morgan fingerprint density at radius 2 is 1.84 bits per heavy atom. The predicted octanol–water partition coefficient (Wildman–Crippen LogP) is 4.98. The van der Waals surface area contributed by atoms with E-state index >= 15 is 0 Å². The lowest BCUT2D eigenvalue weighted by Crippen LogP contribution is -2.40. The Bertz CT molecular complexity index is 731. The summed E-state index contributed by atoms with van der Waals surface area (Å²) in [6, 6.07) is 11.3. The molecule has 1 fully saturated rings. The first-order valence-corrected chi connectivity index (χ1v) is 9.00. The van der Waals surface area contributed by atoms with Gasteiger partial charge in [0.25, 0.3) is 0 Å². The van der Waals surface area contributed by atoms with Crippen LogP contribution in [-0.4, -0.2) is 23.9 Å². The summed E-state index contributed by atoms with van der Waals surface area (Å²) in [6.07, 6.45) is 1.77. The van der Waals surface area contributed by atoms with E-state index in [-0.39, 0.29) is 17.6 Å². The number of benzene rings is 2. The van der Waals surface area contributed by atoms with Crippen LogP contribution in [0.2, 0.25) is 10.0 Å². The third kappa shape index (κ3) is 4.72. The number of nitrogens with one attached hydrogen (secondary N) is 1. The summed E-state index contributed by atoms with van der Waals surface area (Å²) in [5.41, 5.74) is 1.50. The van der Waals surface area contributed by atoms with Gasteiger partial charge in [-0.15, -0.1) is 0 Å². The van der Waals surface area contributed by atoms with Crippen LogP contribution in [0.1, 0.15) is 18.4 Å². The molecule has 1 heterocycles. The minimum Gasteiger partial charge on any atom is -0.326 e. The Hall–Kier alpha value is -1.62. The first kappa shape index (κ1) is 18.2. The lowest BCUT2D eigenvalue weighted by atomic mass is 9.96. The summed E-state index contributed by atoms with van der Waals surface area (Å²) in [5.74, 6) is -0.472. The molecule has 0 unspecified atom stereocenters. The summed E-state index contributed by atoms with van der Waals surface area (Å²) in [7, 11) is 0. The average Bonchev–Trinajstić information content (AvgIpc) is 2.60. The molecule has 0 aromatic heterocycles. The summed E-state index contributed by atoms with van der Waals surface area (Å²) in [6.45, 7) is 2.18. The van der Waals surface area contributed by atoms with Crippen molar-refractivity contribution in [2.75, 3.05) is 18.4 Å². The minimum atomic E-state index is -0.321. The third-order valence-corrected chi connectivity index (χ3v) is 5.14. The lowest BCUT2D eigenvalue weighted by Gasteiger charge is -2.32. The number of likely N-dealkylation sites (tertiary alicyclic amines) is 1. The maximum absolute atomic E-state index is 13.0. The quantitative estimate of drug-likeness (QED) is 0.810. The highest BCUT2D eigenvalue weighted by Crippen LogP contribution is 2.28. The SMILES string of the molecule is O=C(Nc1ccc(F)cc1)[C@@H]1CCCN(Cc2c(Cl)cccc2Cl)C1. The van der Waals surface area contributed by atoms with Crippen molar-refractivity contribution in [2.45, 2.75) is 19.4 Å². The van der Waals surface area contributed by atoms with Gasteiger partial charge in [0.2, 0.25) is 5.91 Å². The van der Waals surface area contributed by atoms with Crippen LogP contribution >= 0.6 is 23.2 Å². The maximum atomic E-state index is 13.0. The fourth-order valence-corrected chi connectivity index (χ4v) is 3.61. The molecule has 2 aromatic rings. The molecule has 6 heteroatoms. The Kier molecular flexibility index (Phi) is 5.94. The predicted molar refractivity (Wildman–Crippen MR) is 99.5 cm³/mol. The Morgan fingerprint density at radius 3 is 2.52 bits per heavy atom. The second-order valence-corrected chi connectivity index (χ2v) is 7.09. The molecule has 0 radical (unpaired) electrons. The molecule has 25 heavy (non-hydrogen) atoms. The largest absolute Gasteiger partial charge is 0.326 e. The van der Waals surface area contributed by atoms with Gasteiger partial charge in [-0.05, 0) is 55.8 Å². The van der Waals surface area contributed by atoms with Crippen LogP contribution in [0.25, 0.3) is 0 Å². The summed E-state index contributed by atoms with van der Waals surface area (Å²) < 4.78 is 13.0. The van der Waals surface area contributed by atoms with Crippen molar-refractivity contribution < 1.29 is 9.18 Å². The van der Waals surface area contributed by atoms with Crippen molar-refractivity contribution in [3.05, 3.63) is 63.9 Å². The van der Waals surface area contributed by atoms with Gasteiger partial charge in [-0.2, -0.15) is 0 Å².